The fraction of sp³-hybridized carbons (Fsp3) is 0.588. The van der Waals surface area contributed by atoms with Crippen LogP contribution in [-0.2, 0) is 0 Å². The van der Waals surface area contributed by atoms with Gasteiger partial charge in [0.2, 0.25) is 0 Å². The summed E-state index contributed by atoms with van der Waals surface area (Å²) in [5, 5.41) is 4.23. The molecule has 2 saturated heterocycles. The molecule has 1 atom stereocenters. The van der Waals surface area contributed by atoms with Crippen LogP contribution >= 0.6 is 11.6 Å². The van der Waals surface area contributed by atoms with E-state index in [1.165, 1.54) is 19.3 Å². The molecule has 1 spiro atoms. The third kappa shape index (κ3) is 3.09. The van der Waals surface area contributed by atoms with Gasteiger partial charge in [-0.3, -0.25) is 4.79 Å². The van der Waals surface area contributed by atoms with E-state index in [1.807, 2.05) is 30.0 Å². The minimum absolute atomic E-state index is 0.152. The van der Waals surface area contributed by atoms with Gasteiger partial charge < -0.3 is 10.2 Å². The molecule has 2 aliphatic heterocycles. The highest BCUT2D eigenvalue weighted by Gasteiger charge is 2.38. The number of piperidine rings is 2. The number of nitrogens with one attached hydrogen (secondary N) is 1. The maximum absolute atomic E-state index is 12.8. The SMILES string of the molecule is Cc1cc(C(=O)N2CCCC3(CCCNC3)C2)ccc1Cl. The molecule has 21 heavy (non-hydrogen) atoms. The molecular formula is C17H23ClN2O. The van der Waals surface area contributed by atoms with Gasteiger partial charge >= 0.3 is 0 Å². The van der Waals surface area contributed by atoms with Crippen LogP contribution in [-0.4, -0.2) is 37.0 Å². The van der Waals surface area contributed by atoms with Crippen LogP contribution in [0.4, 0.5) is 0 Å². The Balaban J connectivity index is 1.76. The van der Waals surface area contributed by atoms with Crippen molar-refractivity contribution >= 4 is 17.5 Å². The maximum atomic E-state index is 12.8. The molecule has 1 unspecified atom stereocenters. The molecule has 0 bridgehead atoms. The Morgan fingerprint density at radius 1 is 1.33 bits per heavy atom. The summed E-state index contributed by atoms with van der Waals surface area (Å²) < 4.78 is 0. The van der Waals surface area contributed by atoms with Crippen molar-refractivity contribution in [3.8, 4) is 0 Å². The quantitative estimate of drug-likeness (QED) is 0.864. The van der Waals surface area contributed by atoms with Crippen LogP contribution in [0.5, 0.6) is 0 Å². The number of carbonyl (C=O) groups is 1. The first-order valence-corrected chi connectivity index (χ1v) is 8.24. The average Bonchev–Trinajstić information content (AvgIpc) is 2.50. The van der Waals surface area contributed by atoms with E-state index in [0.717, 1.165) is 48.7 Å². The van der Waals surface area contributed by atoms with Crippen molar-refractivity contribution in [3.63, 3.8) is 0 Å². The van der Waals surface area contributed by atoms with E-state index in [2.05, 4.69) is 5.32 Å². The molecular weight excluding hydrogens is 284 g/mol. The largest absolute Gasteiger partial charge is 0.338 e. The molecule has 0 aromatic heterocycles. The highest BCUT2D eigenvalue weighted by Crippen LogP contribution is 2.36. The van der Waals surface area contributed by atoms with E-state index in [9.17, 15) is 4.79 Å². The molecule has 1 aromatic carbocycles. The van der Waals surface area contributed by atoms with Gasteiger partial charge in [0.1, 0.15) is 0 Å². The van der Waals surface area contributed by atoms with Crippen LogP contribution in [0.2, 0.25) is 5.02 Å². The van der Waals surface area contributed by atoms with Crippen molar-refractivity contribution in [2.75, 3.05) is 26.2 Å². The molecule has 1 aromatic rings. The number of hydrogen-bond acceptors (Lipinski definition) is 2. The second kappa shape index (κ2) is 5.98. The first-order chi connectivity index (χ1) is 10.1. The first kappa shape index (κ1) is 14.9. The average molecular weight is 307 g/mol. The third-order valence-electron chi connectivity index (χ3n) is 4.91. The predicted octanol–water partition coefficient (Wildman–Crippen LogP) is 3.25. The first-order valence-electron chi connectivity index (χ1n) is 7.86. The van der Waals surface area contributed by atoms with E-state index in [0.29, 0.717) is 5.41 Å². The lowest BCUT2D eigenvalue weighted by Gasteiger charge is -2.45. The van der Waals surface area contributed by atoms with Gasteiger partial charge in [0, 0.05) is 35.6 Å². The summed E-state index contributed by atoms with van der Waals surface area (Å²) in [6.45, 7) is 5.88. The summed E-state index contributed by atoms with van der Waals surface area (Å²) in [6, 6.07) is 5.58. The van der Waals surface area contributed by atoms with Gasteiger partial charge in [0.05, 0.1) is 0 Å². The Bertz CT molecular complexity index is 532. The van der Waals surface area contributed by atoms with Gasteiger partial charge in [0.15, 0.2) is 0 Å². The van der Waals surface area contributed by atoms with E-state index in [4.69, 9.17) is 11.6 Å². The Kier molecular flexibility index (Phi) is 4.23. The molecule has 4 heteroatoms. The summed E-state index contributed by atoms with van der Waals surface area (Å²) in [5.74, 6) is 0.152. The van der Waals surface area contributed by atoms with Gasteiger partial charge in [0.25, 0.3) is 5.91 Å². The fourth-order valence-corrected chi connectivity index (χ4v) is 3.84. The zero-order valence-corrected chi connectivity index (χ0v) is 13.4. The molecule has 1 N–H and O–H groups in total. The maximum Gasteiger partial charge on any atom is 0.253 e. The number of carbonyl (C=O) groups excluding carboxylic acids is 1. The summed E-state index contributed by atoms with van der Waals surface area (Å²) in [4.78, 5) is 14.8. The highest BCUT2D eigenvalue weighted by molar-refractivity contribution is 6.31. The predicted molar refractivity (Wildman–Crippen MR) is 85.9 cm³/mol. The second-order valence-electron chi connectivity index (χ2n) is 6.57. The van der Waals surface area contributed by atoms with Crippen LogP contribution in [0.3, 0.4) is 0 Å². The monoisotopic (exact) mass is 306 g/mol. The van der Waals surface area contributed by atoms with E-state index >= 15 is 0 Å². The van der Waals surface area contributed by atoms with Crippen molar-refractivity contribution in [1.82, 2.24) is 10.2 Å². The number of nitrogens with zero attached hydrogens (tertiary/aromatic N) is 1. The zero-order valence-electron chi connectivity index (χ0n) is 12.6. The molecule has 2 heterocycles. The molecule has 0 aliphatic carbocycles. The van der Waals surface area contributed by atoms with Gasteiger partial charge in [-0.15, -0.1) is 0 Å². The minimum atomic E-state index is 0.152. The van der Waals surface area contributed by atoms with Crippen LogP contribution < -0.4 is 5.32 Å². The molecule has 114 valence electrons. The molecule has 2 fully saturated rings. The lowest BCUT2D eigenvalue weighted by Crippen LogP contribution is -2.52. The second-order valence-corrected chi connectivity index (χ2v) is 6.98. The van der Waals surface area contributed by atoms with Crippen LogP contribution in [0.15, 0.2) is 18.2 Å². The van der Waals surface area contributed by atoms with Crippen LogP contribution in [0, 0.1) is 12.3 Å². The van der Waals surface area contributed by atoms with Crippen molar-refractivity contribution in [3.05, 3.63) is 34.3 Å². The number of halogens is 1. The summed E-state index contributed by atoms with van der Waals surface area (Å²) in [7, 11) is 0. The van der Waals surface area contributed by atoms with Gasteiger partial charge in [-0.25, -0.2) is 0 Å². The standard InChI is InChI=1S/C17H23ClN2O/c1-13-10-14(4-5-15(13)18)16(21)20-9-3-7-17(12-20)6-2-8-19-11-17/h4-5,10,19H,2-3,6-9,11-12H2,1H3. The topological polar surface area (TPSA) is 32.3 Å². The Morgan fingerprint density at radius 3 is 2.86 bits per heavy atom. The molecule has 0 saturated carbocycles. The molecule has 0 radical (unpaired) electrons. The molecule has 2 aliphatic rings. The molecule has 3 rings (SSSR count). The normalized spacial score (nSPS) is 26.1. The van der Waals surface area contributed by atoms with Crippen molar-refractivity contribution < 1.29 is 4.79 Å². The van der Waals surface area contributed by atoms with E-state index in [-0.39, 0.29) is 5.91 Å². The summed E-state index contributed by atoms with van der Waals surface area (Å²) in [6.07, 6.45) is 4.81. The number of hydrogen-bond donors (Lipinski definition) is 1. The Morgan fingerprint density at radius 2 is 2.14 bits per heavy atom. The summed E-state index contributed by atoms with van der Waals surface area (Å²) in [5.41, 5.74) is 2.03. The smallest absolute Gasteiger partial charge is 0.253 e. The number of likely N-dealkylation sites (tertiary alicyclic amines) is 1. The van der Waals surface area contributed by atoms with E-state index < -0.39 is 0 Å². The fourth-order valence-electron chi connectivity index (χ4n) is 3.72. The zero-order chi connectivity index (χ0) is 14.9. The van der Waals surface area contributed by atoms with E-state index in [1.54, 1.807) is 0 Å². The highest BCUT2D eigenvalue weighted by atomic mass is 35.5. The Hall–Kier alpha value is -1.06. The van der Waals surface area contributed by atoms with Gasteiger partial charge in [-0.05, 0) is 62.9 Å². The van der Waals surface area contributed by atoms with Crippen molar-refractivity contribution in [2.45, 2.75) is 32.6 Å². The lowest BCUT2D eigenvalue weighted by molar-refractivity contribution is 0.0434. The lowest BCUT2D eigenvalue weighted by atomic mass is 9.74. The third-order valence-corrected chi connectivity index (χ3v) is 5.34. The number of amides is 1. The number of aryl methyl sites for hydroxylation is 1. The van der Waals surface area contributed by atoms with Crippen molar-refractivity contribution in [2.24, 2.45) is 5.41 Å². The Labute approximate surface area is 131 Å². The van der Waals surface area contributed by atoms with Gasteiger partial charge in [-0.2, -0.15) is 0 Å². The van der Waals surface area contributed by atoms with Gasteiger partial charge in [-0.1, -0.05) is 11.6 Å². The van der Waals surface area contributed by atoms with Crippen LogP contribution in [0.1, 0.15) is 41.6 Å². The molecule has 3 nitrogen and oxygen atoms in total. The number of benzene rings is 1. The minimum Gasteiger partial charge on any atom is -0.338 e. The number of rotatable bonds is 1. The molecule has 1 amide bonds. The van der Waals surface area contributed by atoms with Crippen LogP contribution in [0.25, 0.3) is 0 Å². The van der Waals surface area contributed by atoms with Crippen molar-refractivity contribution in [1.29, 1.82) is 0 Å². The summed E-state index contributed by atoms with van der Waals surface area (Å²) >= 11 is 6.05.